The Labute approximate surface area is 131 Å². The fourth-order valence-electron chi connectivity index (χ4n) is 2.16. The zero-order valence-electron chi connectivity index (χ0n) is 13.9. The maximum atomic E-state index is 13.3. The smallest absolute Gasteiger partial charge is 0.407 e. The van der Waals surface area contributed by atoms with Crippen LogP contribution in [0.2, 0.25) is 0 Å². The van der Waals surface area contributed by atoms with Gasteiger partial charge in [0.05, 0.1) is 12.1 Å². The van der Waals surface area contributed by atoms with Crippen molar-refractivity contribution < 1.29 is 19.0 Å². The van der Waals surface area contributed by atoms with Gasteiger partial charge in [0.25, 0.3) is 0 Å². The molecule has 1 aromatic carbocycles. The van der Waals surface area contributed by atoms with E-state index in [2.05, 4.69) is 5.32 Å². The molecule has 1 amide bonds. The van der Waals surface area contributed by atoms with Gasteiger partial charge in [0.1, 0.15) is 11.4 Å². The van der Waals surface area contributed by atoms with Gasteiger partial charge in [-0.2, -0.15) is 0 Å². The lowest BCUT2D eigenvalue weighted by Gasteiger charge is -2.28. The Morgan fingerprint density at radius 2 is 2.00 bits per heavy atom. The van der Waals surface area contributed by atoms with Gasteiger partial charge in [0.15, 0.2) is 0 Å². The lowest BCUT2D eigenvalue weighted by molar-refractivity contribution is 0.0402. The predicted octanol–water partition coefficient (Wildman–Crippen LogP) is 3.80. The van der Waals surface area contributed by atoms with E-state index >= 15 is 0 Å². The van der Waals surface area contributed by atoms with Crippen LogP contribution in [0.15, 0.2) is 24.3 Å². The number of halogens is 1. The molecule has 4 nitrogen and oxygen atoms in total. The average Bonchev–Trinajstić information content (AvgIpc) is 2.34. The molecule has 1 rings (SSSR count). The van der Waals surface area contributed by atoms with Crippen molar-refractivity contribution >= 4 is 6.09 Å². The first-order chi connectivity index (χ1) is 10.1. The van der Waals surface area contributed by atoms with Gasteiger partial charge in [-0.1, -0.05) is 26.0 Å². The molecule has 0 fully saturated rings. The fraction of sp³-hybridized carbons (Fsp3) is 0.588. The zero-order chi connectivity index (χ0) is 16.9. The molecule has 1 aromatic rings. The summed E-state index contributed by atoms with van der Waals surface area (Å²) in [7, 11) is 0. The number of rotatable bonds is 5. The quantitative estimate of drug-likeness (QED) is 0.869. The topological polar surface area (TPSA) is 58.6 Å². The molecule has 0 aromatic heterocycles. The Kier molecular flexibility index (Phi) is 6.35. The van der Waals surface area contributed by atoms with E-state index in [9.17, 15) is 14.3 Å². The molecule has 0 saturated heterocycles. The first kappa shape index (κ1) is 18.4. The van der Waals surface area contributed by atoms with Gasteiger partial charge in [-0.25, -0.2) is 9.18 Å². The third kappa shape index (κ3) is 6.43. The van der Waals surface area contributed by atoms with Crippen LogP contribution in [0.25, 0.3) is 0 Å². The normalized spacial score (nSPS) is 14.5. The molecule has 0 aliphatic carbocycles. The van der Waals surface area contributed by atoms with E-state index in [0.717, 1.165) is 0 Å². The van der Waals surface area contributed by atoms with E-state index in [4.69, 9.17) is 4.74 Å². The molecule has 2 N–H and O–H groups in total. The second kappa shape index (κ2) is 7.58. The molecule has 124 valence electrons. The molecule has 0 heterocycles. The van der Waals surface area contributed by atoms with Crippen molar-refractivity contribution in [2.24, 2.45) is 5.92 Å². The average molecular weight is 311 g/mol. The van der Waals surface area contributed by atoms with Crippen LogP contribution in [0.3, 0.4) is 0 Å². The van der Waals surface area contributed by atoms with Gasteiger partial charge in [-0.3, -0.25) is 0 Å². The van der Waals surface area contributed by atoms with E-state index in [1.54, 1.807) is 26.8 Å². The molecule has 1 unspecified atom stereocenters. The number of carbonyl (C=O) groups excluding carboxylic acids is 1. The zero-order valence-corrected chi connectivity index (χ0v) is 13.9. The first-order valence-electron chi connectivity index (χ1n) is 7.51. The van der Waals surface area contributed by atoms with E-state index < -0.39 is 29.7 Å². The van der Waals surface area contributed by atoms with Crippen molar-refractivity contribution in [3.05, 3.63) is 35.6 Å². The number of hydrogen-bond acceptors (Lipinski definition) is 3. The van der Waals surface area contributed by atoms with Crippen molar-refractivity contribution in [3.8, 4) is 0 Å². The summed E-state index contributed by atoms with van der Waals surface area (Å²) in [6.07, 6.45) is -1.03. The number of aliphatic hydroxyl groups is 1. The Morgan fingerprint density at radius 3 is 2.50 bits per heavy atom. The van der Waals surface area contributed by atoms with Gasteiger partial charge in [0, 0.05) is 0 Å². The number of ether oxygens (including phenoxy) is 1. The van der Waals surface area contributed by atoms with Crippen LogP contribution in [0.5, 0.6) is 0 Å². The number of hydrogen-bond donors (Lipinski definition) is 2. The van der Waals surface area contributed by atoms with Crippen LogP contribution >= 0.6 is 0 Å². The van der Waals surface area contributed by atoms with Crippen LogP contribution in [0.1, 0.15) is 52.7 Å². The van der Waals surface area contributed by atoms with Crippen molar-refractivity contribution in [2.75, 3.05) is 0 Å². The van der Waals surface area contributed by atoms with Crippen molar-refractivity contribution in [3.63, 3.8) is 0 Å². The van der Waals surface area contributed by atoms with Gasteiger partial charge < -0.3 is 15.2 Å². The lowest BCUT2D eigenvalue weighted by Crippen LogP contribution is -2.43. The molecule has 0 saturated carbocycles. The SMILES string of the molecule is CC(C)C[C@H](NC(=O)OC(C)(C)C)C(O)c1cccc(F)c1. The predicted molar refractivity (Wildman–Crippen MR) is 84.0 cm³/mol. The lowest BCUT2D eigenvalue weighted by atomic mass is 9.94. The van der Waals surface area contributed by atoms with Crippen molar-refractivity contribution in [1.29, 1.82) is 0 Å². The maximum Gasteiger partial charge on any atom is 0.407 e. The summed E-state index contributed by atoms with van der Waals surface area (Å²) >= 11 is 0. The second-order valence-corrected chi connectivity index (χ2v) is 6.88. The number of aliphatic hydroxyl groups excluding tert-OH is 1. The molecule has 0 radical (unpaired) electrons. The molecule has 0 spiro atoms. The van der Waals surface area contributed by atoms with Crippen LogP contribution in [0, 0.1) is 11.7 Å². The van der Waals surface area contributed by atoms with Crippen LogP contribution in [0.4, 0.5) is 9.18 Å². The molecule has 5 heteroatoms. The summed E-state index contributed by atoms with van der Waals surface area (Å²) in [4.78, 5) is 11.9. The Hall–Kier alpha value is -1.62. The summed E-state index contributed by atoms with van der Waals surface area (Å²) in [5.41, 5.74) is -0.183. The van der Waals surface area contributed by atoms with Crippen LogP contribution < -0.4 is 5.32 Å². The summed E-state index contributed by atoms with van der Waals surface area (Å²) < 4.78 is 18.5. The summed E-state index contributed by atoms with van der Waals surface area (Å²) in [6, 6.07) is 5.21. The third-order valence-electron chi connectivity index (χ3n) is 3.00. The van der Waals surface area contributed by atoms with Gasteiger partial charge in [-0.05, 0) is 50.8 Å². The minimum absolute atomic E-state index is 0.253. The van der Waals surface area contributed by atoms with E-state index in [0.29, 0.717) is 12.0 Å². The molecule has 2 atom stereocenters. The van der Waals surface area contributed by atoms with Crippen LogP contribution in [-0.2, 0) is 4.74 Å². The monoisotopic (exact) mass is 311 g/mol. The standard InChI is InChI=1S/C17H26FNO3/c1-11(2)9-14(19-16(21)22-17(3,4)5)15(20)12-7-6-8-13(18)10-12/h6-8,10-11,14-15,20H,9H2,1-5H3,(H,19,21)/t14-,15?/m0/s1. The fourth-order valence-corrected chi connectivity index (χ4v) is 2.16. The molecular weight excluding hydrogens is 285 g/mol. The number of amides is 1. The van der Waals surface area contributed by atoms with E-state index in [-0.39, 0.29) is 5.92 Å². The summed E-state index contributed by atoms with van der Waals surface area (Å²) in [5, 5.41) is 13.2. The highest BCUT2D eigenvalue weighted by atomic mass is 19.1. The number of alkyl carbamates (subject to hydrolysis) is 1. The van der Waals surface area contributed by atoms with Crippen molar-refractivity contribution in [1.82, 2.24) is 5.32 Å². The minimum atomic E-state index is -0.995. The third-order valence-corrected chi connectivity index (χ3v) is 3.00. The van der Waals surface area contributed by atoms with E-state index in [1.165, 1.54) is 18.2 Å². The number of nitrogens with one attached hydrogen (secondary N) is 1. The summed E-state index contributed by atoms with van der Waals surface area (Å²) in [5.74, 6) is -0.166. The van der Waals surface area contributed by atoms with Crippen molar-refractivity contribution in [2.45, 2.75) is 58.8 Å². The molecule has 22 heavy (non-hydrogen) atoms. The Balaban J connectivity index is 2.85. The Bertz CT molecular complexity index is 497. The minimum Gasteiger partial charge on any atom is -0.444 e. The highest BCUT2D eigenvalue weighted by Crippen LogP contribution is 2.23. The van der Waals surface area contributed by atoms with Crippen LogP contribution in [-0.4, -0.2) is 22.8 Å². The number of benzene rings is 1. The summed E-state index contributed by atoms with van der Waals surface area (Å²) in [6.45, 7) is 9.29. The van der Waals surface area contributed by atoms with Gasteiger partial charge in [0.2, 0.25) is 0 Å². The molecule has 0 aliphatic rings. The van der Waals surface area contributed by atoms with Gasteiger partial charge in [-0.15, -0.1) is 0 Å². The molecule has 0 bridgehead atoms. The maximum absolute atomic E-state index is 13.3. The Morgan fingerprint density at radius 1 is 1.36 bits per heavy atom. The second-order valence-electron chi connectivity index (χ2n) is 6.88. The largest absolute Gasteiger partial charge is 0.444 e. The number of carbonyl (C=O) groups is 1. The van der Waals surface area contributed by atoms with E-state index in [1.807, 2.05) is 13.8 Å². The van der Waals surface area contributed by atoms with Gasteiger partial charge >= 0.3 is 6.09 Å². The highest BCUT2D eigenvalue weighted by molar-refractivity contribution is 5.68. The molecular formula is C17H26FNO3. The highest BCUT2D eigenvalue weighted by Gasteiger charge is 2.26. The molecule has 0 aliphatic heterocycles. The first-order valence-corrected chi connectivity index (χ1v) is 7.51.